The minimum absolute atomic E-state index is 0.0687. The van der Waals surface area contributed by atoms with Crippen molar-refractivity contribution in [3.8, 4) is 11.5 Å². The van der Waals surface area contributed by atoms with Gasteiger partial charge in [-0.3, -0.25) is 24.1 Å². The van der Waals surface area contributed by atoms with E-state index in [1.807, 2.05) is 0 Å². The predicted octanol–water partition coefficient (Wildman–Crippen LogP) is 0.407. The van der Waals surface area contributed by atoms with E-state index in [0.29, 0.717) is 0 Å². The second-order valence-electron chi connectivity index (χ2n) is 13.9. The number of phenolic OH excluding ortho intramolecular Hbond substituents is 1. The van der Waals surface area contributed by atoms with Gasteiger partial charge in [0.2, 0.25) is 11.4 Å². The average molecular weight is 740 g/mol. The average Bonchev–Trinajstić information content (AvgIpc) is 3.01. The SMILES string of the molecule is COc1cc(O)c2c(c1Cl)[C@](C)(O[C@H]1C[C@](C)(NOC(C)=O)[C@@H](OC)[C@H](C)O1)[C@H]1C[C@@]3(O)[C@H](N(C)C)C(=O)C(C(N)=O)=C(O)[C@@]3(O)C(=O)C1=C2O. The zero-order valence-electron chi connectivity index (χ0n) is 29.2. The molecule has 1 aromatic carbocycles. The van der Waals surface area contributed by atoms with Crippen LogP contribution in [0.15, 0.2) is 23.0 Å². The first-order valence-corrected chi connectivity index (χ1v) is 16.2. The standard InChI is InChI=1S/C33H42ClN3O14/c1-12-28(48-8)30(3,36-51-13(2)38)11-17(49-12)50-31(4)14-10-32(45)25(37(5)6)24(41)20(29(35)44)27(43)33(32,46)26(42)18(14)23(40)19-15(39)9-16(47-7)22(34)21(19)31/h9,12,14,17,25,28,36,39-40,43,45-46H,10-11H2,1-8H3,(H2,35,44)/t12-,14-,17-,25+,28-,30-,31+,32+,33-/m0/s1. The van der Waals surface area contributed by atoms with E-state index in [0.717, 1.165) is 11.0 Å². The minimum Gasteiger partial charge on any atom is -0.508 e. The maximum Gasteiger partial charge on any atom is 0.321 e. The number of nitrogens with one attached hydrogen (secondary N) is 1. The fourth-order valence-corrected chi connectivity index (χ4v) is 8.79. The summed E-state index contributed by atoms with van der Waals surface area (Å²) in [6.45, 7) is 5.98. The smallest absolute Gasteiger partial charge is 0.321 e. The van der Waals surface area contributed by atoms with E-state index in [2.05, 4.69) is 5.48 Å². The first-order valence-electron chi connectivity index (χ1n) is 15.8. The lowest BCUT2D eigenvalue weighted by atomic mass is 9.52. The van der Waals surface area contributed by atoms with Crippen molar-refractivity contribution in [1.29, 1.82) is 0 Å². The van der Waals surface area contributed by atoms with Crippen molar-refractivity contribution in [2.75, 3.05) is 28.3 Å². The first kappa shape index (κ1) is 38.4. The summed E-state index contributed by atoms with van der Waals surface area (Å²) in [7, 11) is 5.37. The summed E-state index contributed by atoms with van der Waals surface area (Å²) in [5, 5.41) is 58.8. The third-order valence-corrected chi connectivity index (χ3v) is 10.9. The molecule has 5 rings (SSSR count). The Balaban J connectivity index is 1.79. The number of methoxy groups -OCH3 is 2. The Morgan fingerprint density at radius 1 is 1.12 bits per heavy atom. The molecule has 1 amide bonds. The number of aliphatic hydroxyl groups is 4. The van der Waals surface area contributed by atoms with E-state index < -0.39 is 117 Å². The number of aromatic hydroxyl groups is 1. The number of Topliss-reactive ketones (excluding diaryl/α,β-unsaturated/α-hetero) is 2. The number of hydroxylamine groups is 1. The predicted molar refractivity (Wildman–Crippen MR) is 175 cm³/mol. The van der Waals surface area contributed by atoms with Crippen LogP contribution >= 0.6 is 11.6 Å². The van der Waals surface area contributed by atoms with Crippen LogP contribution in [0.25, 0.3) is 5.76 Å². The molecule has 2 fully saturated rings. The Hall–Kier alpha value is -3.81. The highest BCUT2D eigenvalue weighted by atomic mass is 35.5. The van der Waals surface area contributed by atoms with Crippen LogP contribution in [0.5, 0.6) is 11.5 Å². The molecule has 1 aliphatic heterocycles. The van der Waals surface area contributed by atoms with Gasteiger partial charge < -0.3 is 55.1 Å². The monoisotopic (exact) mass is 739 g/mol. The topological polar surface area (TPSA) is 257 Å². The molecule has 0 aromatic heterocycles. The second-order valence-corrected chi connectivity index (χ2v) is 14.3. The van der Waals surface area contributed by atoms with E-state index in [-0.39, 0.29) is 22.8 Å². The number of fused-ring (bicyclic) bond motifs is 3. The summed E-state index contributed by atoms with van der Waals surface area (Å²) in [6.07, 6.45) is -3.59. The molecule has 0 bridgehead atoms. The van der Waals surface area contributed by atoms with Gasteiger partial charge in [0.15, 0.2) is 17.8 Å². The number of rotatable bonds is 8. The number of nitrogens with two attached hydrogens (primary N) is 1. The molecule has 1 saturated heterocycles. The Bertz CT molecular complexity index is 1780. The molecule has 0 radical (unpaired) electrons. The number of aliphatic hydroxyl groups excluding tert-OH is 2. The summed E-state index contributed by atoms with van der Waals surface area (Å²) in [4.78, 5) is 58.9. The van der Waals surface area contributed by atoms with E-state index >= 15 is 0 Å². The molecule has 51 heavy (non-hydrogen) atoms. The van der Waals surface area contributed by atoms with Crippen molar-refractivity contribution in [2.45, 2.75) is 87.4 Å². The van der Waals surface area contributed by atoms with Gasteiger partial charge in [-0.25, -0.2) is 0 Å². The molecule has 0 spiro atoms. The third kappa shape index (κ3) is 5.32. The second kappa shape index (κ2) is 12.7. The molecule has 1 aromatic rings. The highest BCUT2D eigenvalue weighted by molar-refractivity contribution is 6.33. The Morgan fingerprint density at radius 2 is 1.75 bits per heavy atom. The van der Waals surface area contributed by atoms with Crippen LogP contribution in [0.1, 0.15) is 51.7 Å². The van der Waals surface area contributed by atoms with Crippen LogP contribution in [0.2, 0.25) is 5.02 Å². The van der Waals surface area contributed by atoms with Gasteiger partial charge >= 0.3 is 5.97 Å². The maximum absolute atomic E-state index is 14.7. The van der Waals surface area contributed by atoms with Gasteiger partial charge in [0, 0.05) is 43.6 Å². The highest BCUT2D eigenvalue weighted by Crippen LogP contribution is 2.62. The van der Waals surface area contributed by atoms with Gasteiger partial charge in [-0.05, 0) is 41.3 Å². The van der Waals surface area contributed by atoms with E-state index in [1.54, 1.807) is 13.8 Å². The Morgan fingerprint density at radius 3 is 2.27 bits per heavy atom. The molecule has 3 aliphatic carbocycles. The van der Waals surface area contributed by atoms with Gasteiger partial charge in [-0.15, -0.1) is 5.48 Å². The molecule has 4 aliphatic rings. The number of amides is 1. The number of primary amides is 1. The third-order valence-electron chi connectivity index (χ3n) is 10.5. The zero-order valence-corrected chi connectivity index (χ0v) is 29.9. The van der Waals surface area contributed by atoms with Crippen LogP contribution in [-0.4, -0.2) is 123 Å². The zero-order chi connectivity index (χ0) is 38.3. The maximum atomic E-state index is 14.7. The lowest BCUT2D eigenvalue weighted by molar-refractivity contribution is -0.301. The number of benzene rings is 1. The fraction of sp³-hybridized carbons (Fsp3) is 0.576. The Labute approximate surface area is 297 Å². The lowest BCUT2D eigenvalue weighted by Crippen LogP contribution is -2.77. The van der Waals surface area contributed by atoms with E-state index in [9.17, 15) is 44.7 Å². The van der Waals surface area contributed by atoms with Crippen molar-refractivity contribution in [2.24, 2.45) is 11.7 Å². The van der Waals surface area contributed by atoms with Gasteiger partial charge in [0.1, 0.15) is 46.2 Å². The quantitative estimate of drug-likeness (QED) is 0.141. The highest BCUT2D eigenvalue weighted by Gasteiger charge is 2.74. The number of hydrogen-bond acceptors (Lipinski definition) is 16. The number of carbonyl (C=O) groups excluding carboxylic acids is 4. The molecule has 0 unspecified atom stereocenters. The number of likely N-dealkylation sites (N-methyl/N-ethyl adjacent to an activating group) is 1. The van der Waals surface area contributed by atoms with Crippen LogP contribution in [-0.2, 0) is 43.8 Å². The number of ether oxygens (including phenoxy) is 4. The minimum atomic E-state index is -3.40. The normalized spacial score (nSPS) is 36.4. The van der Waals surface area contributed by atoms with Crippen molar-refractivity contribution < 1.29 is 68.5 Å². The number of phenols is 1. The summed E-state index contributed by atoms with van der Waals surface area (Å²) in [5.41, 5.74) is -3.62. The van der Waals surface area contributed by atoms with Crippen molar-refractivity contribution in [3.05, 3.63) is 39.1 Å². The Kier molecular flexibility index (Phi) is 9.57. The van der Waals surface area contributed by atoms with E-state index in [1.165, 1.54) is 42.2 Å². The number of hydrogen-bond donors (Lipinski definition) is 7. The molecule has 18 heteroatoms. The van der Waals surface area contributed by atoms with Gasteiger partial charge in [-0.1, -0.05) is 11.6 Å². The van der Waals surface area contributed by atoms with Gasteiger partial charge in [0.25, 0.3) is 5.91 Å². The molecule has 1 heterocycles. The number of ketones is 2. The van der Waals surface area contributed by atoms with Crippen LogP contribution in [0, 0.1) is 5.92 Å². The van der Waals surface area contributed by atoms with Crippen LogP contribution < -0.4 is 16.0 Å². The summed E-state index contributed by atoms with van der Waals surface area (Å²) >= 11 is 6.89. The number of nitrogens with zero attached hydrogens (tertiary/aromatic N) is 1. The van der Waals surface area contributed by atoms with Crippen molar-refractivity contribution in [1.82, 2.24) is 10.4 Å². The molecular weight excluding hydrogens is 698 g/mol. The molecule has 17 nitrogen and oxygen atoms in total. The largest absolute Gasteiger partial charge is 0.508 e. The molecular formula is C33H42ClN3O14. The number of carbonyl (C=O) groups is 4. The molecule has 9 atom stereocenters. The molecule has 280 valence electrons. The lowest BCUT2D eigenvalue weighted by Gasteiger charge is -2.58. The fourth-order valence-electron chi connectivity index (χ4n) is 8.37. The van der Waals surface area contributed by atoms with Crippen LogP contribution in [0.3, 0.4) is 0 Å². The summed E-state index contributed by atoms with van der Waals surface area (Å²) < 4.78 is 24.0. The first-order chi connectivity index (χ1) is 23.6. The van der Waals surface area contributed by atoms with Crippen LogP contribution in [0.4, 0.5) is 0 Å². The van der Waals surface area contributed by atoms with Gasteiger partial charge in [0.05, 0.1) is 29.3 Å². The summed E-state index contributed by atoms with van der Waals surface area (Å²) in [6, 6.07) is -0.776. The van der Waals surface area contributed by atoms with Crippen molar-refractivity contribution >= 4 is 40.8 Å². The van der Waals surface area contributed by atoms with Gasteiger partial charge in [-0.2, -0.15) is 0 Å². The molecule has 8 N–H and O–H groups in total. The number of halogens is 1. The van der Waals surface area contributed by atoms with Crippen molar-refractivity contribution in [3.63, 3.8) is 0 Å². The summed E-state index contributed by atoms with van der Waals surface area (Å²) in [5.74, 6) is -9.44. The van der Waals surface area contributed by atoms with E-state index in [4.69, 9.17) is 41.1 Å². The molecule has 1 saturated carbocycles.